The molecular weight excluding hydrogens is 484 g/mol. The minimum absolute atomic E-state index is 0.246. The number of methoxy groups -OCH3 is 1. The Morgan fingerprint density at radius 1 is 0.946 bits per heavy atom. The van der Waals surface area contributed by atoms with Crippen LogP contribution in [-0.2, 0) is 19.6 Å². The summed E-state index contributed by atoms with van der Waals surface area (Å²) < 4.78 is 7.38. The maximum atomic E-state index is 13.6. The SMILES string of the molecule is COc1ccccc1Cn1cc(C(=O)O)c(=O)c2c(CNCc3ccccc3)c(-c3ccccc3)sc21. The third kappa shape index (κ3) is 5.05. The summed E-state index contributed by atoms with van der Waals surface area (Å²) in [4.78, 5) is 27.4. The maximum Gasteiger partial charge on any atom is 0.341 e. The van der Waals surface area contributed by atoms with Gasteiger partial charge in [0.2, 0.25) is 5.43 Å². The van der Waals surface area contributed by atoms with Gasteiger partial charge in [-0.3, -0.25) is 4.79 Å². The van der Waals surface area contributed by atoms with E-state index in [0.717, 1.165) is 32.0 Å². The number of carbonyl (C=O) groups is 1. The van der Waals surface area contributed by atoms with Gasteiger partial charge in [0.15, 0.2) is 0 Å². The van der Waals surface area contributed by atoms with Crippen LogP contribution >= 0.6 is 11.3 Å². The molecule has 0 bridgehead atoms. The molecule has 2 aromatic heterocycles. The predicted octanol–water partition coefficient (Wildman–Crippen LogP) is 5.77. The van der Waals surface area contributed by atoms with Gasteiger partial charge in [0, 0.05) is 29.7 Å². The molecule has 2 heterocycles. The second kappa shape index (κ2) is 10.8. The van der Waals surface area contributed by atoms with Crippen molar-refractivity contribution in [1.29, 1.82) is 0 Å². The molecule has 0 saturated heterocycles. The topological polar surface area (TPSA) is 80.6 Å². The fraction of sp³-hybridized carbons (Fsp3) is 0.133. The number of para-hydroxylation sites is 1. The first-order valence-corrected chi connectivity index (χ1v) is 12.7. The molecule has 0 atom stereocenters. The van der Waals surface area contributed by atoms with Gasteiger partial charge in [0.25, 0.3) is 0 Å². The van der Waals surface area contributed by atoms with Crippen molar-refractivity contribution in [3.8, 4) is 16.2 Å². The number of nitrogens with zero attached hydrogens (tertiary/aromatic N) is 1. The number of pyridine rings is 1. The number of aromatic nitrogens is 1. The number of rotatable bonds is 9. The number of fused-ring (bicyclic) bond motifs is 1. The molecule has 0 radical (unpaired) electrons. The molecule has 0 saturated carbocycles. The van der Waals surface area contributed by atoms with Crippen LogP contribution in [0, 0.1) is 0 Å². The van der Waals surface area contributed by atoms with Gasteiger partial charge in [-0.25, -0.2) is 4.79 Å². The molecule has 2 N–H and O–H groups in total. The molecule has 5 aromatic rings. The Hall–Kier alpha value is -4.20. The van der Waals surface area contributed by atoms with Crippen molar-refractivity contribution < 1.29 is 14.6 Å². The summed E-state index contributed by atoms with van der Waals surface area (Å²) in [6.07, 6.45) is 1.45. The van der Waals surface area contributed by atoms with Crippen LogP contribution in [-0.4, -0.2) is 22.8 Å². The predicted molar refractivity (Wildman–Crippen MR) is 148 cm³/mol. The van der Waals surface area contributed by atoms with Gasteiger partial charge in [-0.15, -0.1) is 11.3 Å². The summed E-state index contributed by atoms with van der Waals surface area (Å²) in [7, 11) is 1.61. The fourth-order valence-electron chi connectivity index (χ4n) is 4.50. The van der Waals surface area contributed by atoms with Crippen molar-refractivity contribution in [2.45, 2.75) is 19.6 Å². The van der Waals surface area contributed by atoms with E-state index in [1.165, 1.54) is 17.5 Å². The lowest BCUT2D eigenvalue weighted by Gasteiger charge is -2.13. The van der Waals surface area contributed by atoms with Crippen molar-refractivity contribution in [2.75, 3.05) is 7.11 Å². The number of hydrogen-bond acceptors (Lipinski definition) is 5. The lowest BCUT2D eigenvalue weighted by atomic mass is 10.0. The van der Waals surface area contributed by atoms with Crippen LogP contribution in [0.4, 0.5) is 0 Å². The van der Waals surface area contributed by atoms with Gasteiger partial charge in [-0.1, -0.05) is 78.9 Å². The Labute approximate surface area is 218 Å². The normalized spacial score (nSPS) is 11.1. The van der Waals surface area contributed by atoms with Crippen LogP contribution in [0.15, 0.2) is 95.9 Å². The summed E-state index contributed by atoms with van der Waals surface area (Å²) in [6.45, 7) is 1.42. The summed E-state index contributed by atoms with van der Waals surface area (Å²) in [5, 5.41) is 13.8. The summed E-state index contributed by atoms with van der Waals surface area (Å²) >= 11 is 1.51. The molecule has 0 aliphatic carbocycles. The van der Waals surface area contributed by atoms with Gasteiger partial charge in [-0.05, 0) is 22.8 Å². The average Bonchev–Trinajstić information content (AvgIpc) is 3.31. The summed E-state index contributed by atoms with van der Waals surface area (Å²) in [6, 6.07) is 27.6. The molecule has 3 aromatic carbocycles. The Balaban J connectivity index is 1.68. The molecule has 0 amide bonds. The van der Waals surface area contributed by atoms with Gasteiger partial charge in [-0.2, -0.15) is 0 Å². The number of hydrogen-bond donors (Lipinski definition) is 2. The molecule has 6 nitrogen and oxygen atoms in total. The number of carboxylic acids is 1. The maximum absolute atomic E-state index is 13.6. The van der Waals surface area contributed by atoms with E-state index in [-0.39, 0.29) is 5.56 Å². The van der Waals surface area contributed by atoms with E-state index in [1.807, 2.05) is 89.5 Å². The average molecular weight is 511 g/mol. The highest BCUT2D eigenvalue weighted by atomic mass is 32.1. The quantitative estimate of drug-likeness (QED) is 0.263. The summed E-state index contributed by atoms with van der Waals surface area (Å²) in [5.74, 6) is -0.535. The van der Waals surface area contributed by atoms with Gasteiger partial charge in [0.1, 0.15) is 16.1 Å². The zero-order chi connectivity index (χ0) is 25.8. The number of nitrogens with one attached hydrogen (secondary N) is 1. The first-order valence-electron chi connectivity index (χ1n) is 11.9. The van der Waals surface area contributed by atoms with Crippen LogP contribution in [0.3, 0.4) is 0 Å². The highest BCUT2D eigenvalue weighted by Crippen LogP contribution is 2.38. The molecule has 0 unspecified atom stereocenters. The number of carboxylic acid groups (broad SMARTS) is 1. The number of ether oxygens (including phenoxy) is 1. The smallest absolute Gasteiger partial charge is 0.341 e. The van der Waals surface area contributed by atoms with Crippen LogP contribution in [0.25, 0.3) is 20.7 Å². The van der Waals surface area contributed by atoms with Crippen molar-refractivity contribution in [2.24, 2.45) is 0 Å². The lowest BCUT2D eigenvalue weighted by Crippen LogP contribution is -2.20. The lowest BCUT2D eigenvalue weighted by molar-refractivity contribution is 0.0695. The largest absolute Gasteiger partial charge is 0.496 e. The molecule has 0 spiro atoms. The van der Waals surface area contributed by atoms with Gasteiger partial charge < -0.3 is 19.7 Å². The molecule has 0 aliphatic heterocycles. The van der Waals surface area contributed by atoms with Crippen LogP contribution in [0.2, 0.25) is 0 Å². The molecule has 7 heteroatoms. The molecule has 0 fully saturated rings. The monoisotopic (exact) mass is 510 g/mol. The van der Waals surface area contributed by atoms with Crippen LogP contribution in [0.1, 0.15) is 27.0 Å². The van der Waals surface area contributed by atoms with Crippen molar-refractivity contribution in [1.82, 2.24) is 9.88 Å². The number of benzene rings is 3. The highest BCUT2D eigenvalue weighted by Gasteiger charge is 2.23. The Morgan fingerprint density at radius 3 is 2.32 bits per heavy atom. The van der Waals surface area contributed by atoms with E-state index in [9.17, 15) is 14.7 Å². The third-order valence-electron chi connectivity index (χ3n) is 6.28. The number of thiophene rings is 1. The minimum atomic E-state index is -1.24. The molecule has 0 aliphatic rings. The zero-order valence-electron chi connectivity index (χ0n) is 20.3. The van der Waals surface area contributed by atoms with Crippen molar-refractivity contribution in [3.63, 3.8) is 0 Å². The summed E-state index contributed by atoms with van der Waals surface area (Å²) in [5.41, 5.74) is 3.11. The molecule has 37 heavy (non-hydrogen) atoms. The highest BCUT2D eigenvalue weighted by molar-refractivity contribution is 7.22. The number of aromatic carboxylic acids is 1. The molecule has 186 valence electrons. The molecular formula is C30H26N2O4S. The van der Waals surface area contributed by atoms with E-state index < -0.39 is 11.4 Å². The van der Waals surface area contributed by atoms with Crippen molar-refractivity contribution >= 4 is 27.5 Å². The van der Waals surface area contributed by atoms with Crippen LogP contribution in [0.5, 0.6) is 5.75 Å². The van der Waals surface area contributed by atoms with E-state index in [2.05, 4.69) is 5.32 Å². The fourth-order valence-corrected chi connectivity index (χ4v) is 5.80. The zero-order valence-corrected chi connectivity index (χ0v) is 21.1. The Morgan fingerprint density at radius 2 is 1.62 bits per heavy atom. The first kappa shape index (κ1) is 24.5. The van der Waals surface area contributed by atoms with E-state index in [1.54, 1.807) is 7.11 Å². The van der Waals surface area contributed by atoms with E-state index >= 15 is 0 Å². The minimum Gasteiger partial charge on any atom is -0.496 e. The first-order chi connectivity index (χ1) is 18.1. The van der Waals surface area contributed by atoms with E-state index in [4.69, 9.17) is 4.74 Å². The standard InChI is InChI=1S/C30H26N2O4S/c1-36-25-15-9-8-14-22(25)18-32-19-24(30(34)35)27(33)26-23(17-31-16-20-10-4-2-5-11-20)28(37-29(26)32)21-12-6-3-7-13-21/h2-15,19,31H,16-18H2,1H3,(H,34,35). The third-order valence-corrected chi connectivity index (χ3v) is 7.60. The Kier molecular flexibility index (Phi) is 7.16. The van der Waals surface area contributed by atoms with Gasteiger partial charge in [0.05, 0.1) is 19.0 Å². The Bertz CT molecular complexity index is 1610. The van der Waals surface area contributed by atoms with E-state index in [0.29, 0.717) is 30.8 Å². The second-order valence-corrected chi connectivity index (χ2v) is 9.66. The van der Waals surface area contributed by atoms with Crippen molar-refractivity contribution in [3.05, 3.63) is 124 Å². The van der Waals surface area contributed by atoms with Gasteiger partial charge >= 0.3 is 5.97 Å². The molecule has 5 rings (SSSR count). The second-order valence-electron chi connectivity index (χ2n) is 8.66. The van der Waals surface area contributed by atoms with Crippen LogP contribution < -0.4 is 15.5 Å².